The molecule has 2 aromatic carbocycles. The number of nitrogens with one attached hydrogen (secondary N) is 2. The first-order valence-electron chi connectivity index (χ1n) is 8.49. The van der Waals surface area contributed by atoms with Gasteiger partial charge in [0.15, 0.2) is 11.7 Å². The average Bonchev–Trinajstić information content (AvgIpc) is 2.60. The van der Waals surface area contributed by atoms with Gasteiger partial charge in [-0.2, -0.15) is 0 Å². The highest BCUT2D eigenvalue weighted by atomic mass is 35.5. The molecule has 6 heteroatoms. The zero-order valence-corrected chi connectivity index (χ0v) is 16.7. The Morgan fingerprint density at radius 2 is 2.00 bits per heavy atom. The summed E-state index contributed by atoms with van der Waals surface area (Å²) < 4.78 is 5.53. The molecule has 2 aromatic rings. The number of rotatable bonds is 6. The van der Waals surface area contributed by atoms with Gasteiger partial charge in [0.1, 0.15) is 5.75 Å². The van der Waals surface area contributed by atoms with E-state index in [4.69, 9.17) is 28.6 Å². The van der Waals surface area contributed by atoms with Crippen molar-refractivity contribution in [2.45, 2.75) is 33.1 Å². The van der Waals surface area contributed by atoms with Crippen molar-refractivity contribution in [2.75, 3.05) is 11.9 Å². The highest BCUT2D eigenvalue weighted by Gasteiger charge is 2.11. The summed E-state index contributed by atoms with van der Waals surface area (Å²) in [6.07, 6.45) is 1.02. The average molecular weight is 391 g/mol. The first-order valence-corrected chi connectivity index (χ1v) is 9.28. The lowest BCUT2D eigenvalue weighted by Crippen LogP contribution is -2.37. The summed E-state index contributed by atoms with van der Waals surface area (Å²) in [6.45, 7) is 6.04. The van der Waals surface area contributed by atoms with E-state index in [9.17, 15) is 4.79 Å². The number of aryl methyl sites for hydroxylation is 1. The molecule has 0 fully saturated rings. The molecule has 0 saturated heterocycles. The van der Waals surface area contributed by atoms with E-state index < -0.39 is 0 Å². The molecule has 0 spiro atoms. The molecule has 1 amide bonds. The highest BCUT2D eigenvalue weighted by Crippen LogP contribution is 2.26. The van der Waals surface area contributed by atoms with E-state index in [1.54, 1.807) is 18.2 Å². The number of thiocarbonyl (C=S) groups is 1. The Morgan fingerprint density at radius 3 is 2.69 bits per heavy atom. The molecule has 0 aliphatic carbocycles. The molecule has 2 rings (SSSR count). The standard InChI is InChI=1S/C20H23ClN2O2S/c1-4-13(2)16-7-5-6-8-17(16)22-20(26)23-19(24)12-25-18-10-9-15(21)11-14(18)3/h5-11,13H,4,12H2,1-3H3,(H2,22,23,24,26)/t13-/m1/s1. The van der Waals surface area contributed by atoms with Crippen LogP contribution in [0.25, 0.3) is 0 Å². The summed E-state index contributed by atoms with van der Waals surface area (Å²) in [6, 6.07) is 13.2. The monoisotopic (exact) mass is 390 g/mol. The molecular formula is C20H23ClN2O2S. The number of para-hydroxylation sites is 1. The molecule has 0 bridgehead atoms. The van der Waals surface area contributed by atoms with Crippen LogP contribution in [0.3, 0.4) is 0 Å². The lowest BCUT2D eigenvalue weighted by atomic mass is 9.97. The molecule has 2 N–H and O–H groups in total. The Bertz CT molecular complexity index is 795. The van der Waals surface area contributed by atoms with Crippen LogP contribution >= 0.6 is 23.8 Å². The fourth-order valence-electron chi connectivity index (χ4n) is 2.49. The maximum absolute atomic E-state index is 12.1. The van der Waals surface area contributed by atoms with E-state index in [1.807, 2.05) is 25.1 Å². The predicted molar refractivity (Wildman–Crippen MR) is 111 cm³/mol. The molecule has 0 aliphatic heterocycles. The van der Waals surface area contributed by atoms with Crippen LogP contribution in [0.4, 0.5) is 5.69 Å². The van der Waals surface area contributed by atoms with Crippen molar-refractivity contribution in [2.24, 2.45) is 0 Å². The number of halogens is 1. The summed E-state index contributed by atoms with van der Waals surface area (Å²) in [5.74, 6) is 0.692. The molecule has 0 saturated carbocycles. The molecule has 0 aliphatic rings. The molecule has 0 unspecified atom stereocenters. The van der Waals surface area contributed by atoms with Crippen LogP contribution in [-0.2, 0) is 4.79 Å². The second kappa shape index (κ2) is 9.55. The fourth-order valence-corrected chi connectivity index (χ4v) is 2.95. The largest absolute Gasteiger partial charge is 0.483 e. The smallest absolute Gasteiger partial charge is 0.264 e. The Morgan fingerprint density at radius 1 is 1.27 bits per heavy atom. The number of carbonyl (C=O) groups is 1. The minimum absolute atomic E-state index is 0.128. The van der Waals surface area contributed by atoms with Crippen LogP contribution < -0.4 is 15.4 Å². The summed E-state index contributed by atoms with van der Waals surface area (Å²) in [4.78, 5) is 12.1. The van der Waals surface area contributed by atoms with Gasteiger partial charge < -0.3 is 10.1 Å². The highest BCUT2D eigenvalue weighted by molar-refractivity contribution is 7.80. The second-order valence-electron chi connectivity index (χ2n) is 6.10. The number of ether oxygens (including phenoxy) is 1. The van der Waals surface area contributed by atoms with E-state index in [2.05, 4.69) is 30.5 Å². The fraction of sp³-hybridized carbons (Fsp3) is 0.300. The van der Waals surface area contributed by atoms with E-state index in [1.165, 1.54) is 5.56 Å². The number of amides is 1. The number of benzene rings is 2. The number of carbonyl (C=O) groups excluding carboxylic acids is 1. The van der Waals surface area contributed by atoms with Gasteiger partial charge in [0.2, 0.25) is 0 Å². The van der Waals surface area contributed by atoms with Crippen molar-refractivity contribution in [1.29, 1.82) is 0 Å². The molecule has 4 nitrogen and oxygen atoms in total. The first-order chi connectivity index (χ1) is 12.4. The van der Waals surface area contributed by atoms with Crippen molar-refractivity contribution >= 4 is 40.5 Å². The van der Waals surface area contributed by atoms with Crippen molar-refractivity contribution in [3.8, 4) is 5.75 Å². The zero-order valence-electron chi connectivity index (χ0n) is 15.1. The molecule has 26 heavy (non-hydrogen) atoms. The van der Waals surface area contributed by atoms with E-state index in [0.29, 0.717) is 16.7 Å². The van der Waals surface area contributed by atoms with E-state index >= 15 is 0 Å². The third-order valence-electron chi connectivity index (χ3n) is 4.10. The normalized spacial score (nSPS) is 11.5. The van der Waals surface area contributed by atoms with Crippen molar-refractivity contribution in [1.82, 2.24) is 5.32 Å². The third-order valence-corrected chi connectivity index (χ3v) is 4.54. The molecule has 138 valence electrons. The summed E-state index contributed by atoms with van der Waals surface area (Å²) in [5, 5.41) is 6.63. The summed E-state index contributed by atoms with van der Waals surface area (Å²) in [7, 11) is 0. The van der Waals surface area contributed by atoms with Gasteiger partial charge in [-0.25, -0.2) is 0 Å². The molecule has 0 radical (unpaired) electrons. The van der Waals surface area contributed by atoms with Crippen LogP contribution in [0.15, 0.2) is 42.5 Å². The lowest BCUT2D eigenvalue weighted by molar-refractivity contribution is -0.121. The van der Waals surface area contributed by atoms with Crippen LogP contribution in [0.1, 0.15) is 37.3 Å². The SMILES string of the molecule is CC[C@@H](C)c1ccccc1NC(=S)NC(=O)COc1ccc(Cl)cc1C. The molecule has 1 atom stereocenters. The summed E-state index contributed by atoms with van der Waals surface area (Å²) in [5.41, 5.74) is 2.94. The van der Waals surface area contributed by atoms with Crippen molar-refractivity contribution in [3.05, 3.63) is 58.6 Å². The van der Waals surface area contributed by atoms with Gasteiger partial charge in [0.25, 0.3) is 5.91 Å². The maximum Gasteiger partial charge on any atom is 0.264 e. The van der Waals surface area contributed by atoms with Gasteiger partial charge in [0, 0.05) is 10.7 Å². The topological polar surface area (TPSA) is 50.4 Å². The summed E-state index contributed by atoms with van der Waals surface area (Å²) >= 11 is 11.2. The third kappa shape index (κ3) is 5.71. The zero-order chi connectivity index (χ0) is 19.1. The van der Waals surface area contributed by atoms with Gasteiger partial charge in [-0.1, -0.05) is 43.6 Å². The Kier molecular flexibility index (Phi) is 7.42. The van der Waals surface area contributed by atoms with E-state index in [-0.39, 0.29) is 17.6 Å². The number of anilines is 1. The second-order valence-corrected chi connectivity index (χ2v) is 6.94. The first kappa shape index (κ1) is 20.2. The van der Waals surface area contributed by atoms with Gasteiger partial charge in [0.05, 0.1) is 0 Å². The molecule has 0 aromatic heterocycles. The molecule has 0 heterocycles. The lowest BCUT2D eigenvalue weighted by Gasteiger charge is -2.17. The minimum Gasteiger partial charge on any atom is -0.483 e. The van der Waals surface area contributed by atoms with E-state index in [0.717, 1.165) is 17.7 Å². The van der Waals surface area contributed by atoms with Crippen molar-refractivity contribution in [3.63, 3.8) is 0 Å². The van der Waals surface area contributed by atoms with Gasteiger partial charge >= 0.3 is 0 Å². The Balaban J connectivity index is 1.91. The number of hydrogen-bond acceptors (Lipinski definition) is 3. The van der Waals surface area contributed by atoms with Crippen LogP contribution in [0.2, 0.25) is 5.02 Å². The van der Waals surface area contributed by atoms with Gasteiger partial charge in [-0.15, -0.1) is 0 Å². The predicted octanol–water partition coefficient (Wildman–Crippen LogP) is 5.05. The van der Waals surface area contributed by atoms with Gasteiger partial charge in [-0.05, 0) is 66.9 Å². The number of hydrogen-bond donors (Lipinski definition) is 2. The molecular weight excluding hydrogens is 368 g/mol. The quantitative estimate of drug-likeness (QED) is 0.677. The Hall–Kier alpha value is -2.11. The maximum atomic E-state index is 12.1. The van der Waals surface area contributed by atoms with Gasteiger partial charge in [-0.3, -0.25) is 10.1 Å². The van der Waals surface area contributed by atoms with Crippen LogP contribution in [0, 0.1) is 6.92 Å². The minimum atomic E-state index is -0.321. The van der Waals surface area contributed by atoms with Crippen LogP contribution in [0.5, 0.6) is 5.75 Å². The van der Waals surface area contributed by atoms with Crippen molar-refractivity contribution < 1.29 is 9.53 Å². The van der Waals surface area contributed by atoms with Crippen LogP contribution in [-0.4, -0.2) is 17.6 Å². The Labute approximate surface area is 164 Å².